The average molecular weight is 393 g/mol. The van der Waals surface area contributed by atoms with Gasteiger partial charge in [-0.2, -0.15) is 5.10 Å². The molecule has 3 rings (SSSR count). The van der Waals surface area contributed by atoms with Crippen molar-refractivity contribution in [1.82, 2.24) is 14.7 Å². The fourth-order valence-corrected chi connectivity index (χ4v) is 3.30. The number of para-hydroxylation sites is 1. The predicted molar refractivity (Wildman–Crippen MR) is 114 cm³/mol. The Hall–Kier alpha value is -3.15. The molecule has 0 aliphatic carbocycles. The number of fused-ring (bicyclic) bond motifs is 1. The zero-order valence-corrected chi connectivity index (χ0v) is 17.4. The number of hydrogen-bond donors (Lipinski definition) is 0. The predicted octanol–water partition coefficient (Wildman–Crippen LogP) is 3.72. The lowest BCUT2D eigenvalue weighted by molar-refractivity contribution is 0.0777. The summed E-state index contributed by atoms with van der Waals surface area (Å²) in [5.74, 6) is 0.766. The summed E-state index contributed by atoms with van der Waals surface area (Å²) >= 11 is 0. The number of benzene rings is 2. The van der Waals surface area contributed by atoms with Gasteiger partial charge in [-0.15, -0.1) is 0 Å². The second kappa shape index (κ2) is 8.90. The van der Waals surface area contributed by atoms with Crippen LogP contribution >= 0.6 is 0 Å². The van der Waals surface area contributed by atoms with Gasteiger partial charge >= 0.3 is 0 Å². The molecule has 0 fully saturated rings. The first-order chi connectivity index (χ1) is 13.9. The van der Waals surface area contributed by atoms with Crippen LogP contribution in [0.4, 0.5) is 0 Å². The maximum Gasteiger partial charge on any atom is 0.274 e. The van der Waals surface area contributed by atoms with E-state index in [9.17, 15) is 9.59 Å². The minimum Gasteiger partial charge on any atom is -0.494 e. The topological polar surface area (TPSA) is 64.4 Å². The average Bonchev–Trinajstić information content (AvgIpc) is 2.71. The van der Waals surface area contributed by atoms with Crippen LogP contribution in [0.15, 0.2) is 53.3 Å². The molecular weight excluding hydrogens is 366 g/mol. The van der Waals surface area contributed by atoms with Crippen molar-refractivity contribution in [2.75, 3.05) is 13.7 Å². The Morgan fingerprint density at radius 2 is 1.76 bits per heavy atom. The molecule has 1 amide bonds. The molecule has 1 heterocycles. The summed E-state index contributed by atoms with van der Waals surface area (Å²) in [6.07, 6.45) is 0. The van der Waals surface area contributed by atoms with Crippen LogP contribution in [-0.2, 0) is 13.1 Å². The van der Waals surface area contributed by atoms with Crippen molar-refractivity contribution in [2.24, 2.45) is 5.92 Å². The molecule has 0 unspecified atom stereocenters. The largest absolute Gasteiger partial charge is 0.494 e. The van der Waals surface area contributed by atoms with E-state index in [1.165, 1.54) is 4.68 Å². The highest BCUT2D eigenvalue weighted by Gasteiger charge is 2.21. The highest BCUT2D eigenvalue weighted by Crippen LogP contribution is 2.21. The van der Waals surface area contributed by atoms with Gasteiger partial charge in [-0.3, -0.25) is 9.59 Å². The number of carbonyl (C=O) groups excluding carboxylic acids is 1. The van der Waals surface area contributed by atoms with Crippen LogP contribution in [0.3, 0.4) is 0 Å². The van der Waals surface area contributed by atoms with Crippen LogP contribution in [0, 0.1) is 5.92 Å². The first kappa shape index (κ1) is 20.6. The van der Waals surface area contributed by atoms with Gasteiger partial charge in [0.2, 0.25) is 0 Å². The molecule has 0 atom stereocenters. The van der Waals surface area contributed by atoms with E-state index in [0.29, 0.717) is 30.5 Å². The third kappa shape index (κ3) is 4.47. The van der Waals surface area contributed by atoms with Gasteiger partial charge in [0.15, 0.2) is 5.69 Å². The number of ether oxygens (including phenoxy) is 1. The molecule has 0 saturated heterocycles. The van der Waals surface area contributed by atoms with Gasteiger partial charge in [-0.25, -0.2) is 4.68 Å². The van der Waals surface area contributed by atoms with E-state index in [4.69, 9.17) is 4.74 Å². The van der Waals surface area contributed by atoms with Crippen molar-refractivity contribution in [3.05, 3.63) is 70.1 Å². The van der Waals surface area contributed by atoms with Gasteiger partial charge in [0.25, 0.3) is 11.5 Å². The molecule has 0 N–H and O–H groups in total. The van der Waals surface area contributed by atoms with E-state index in [1.54, 1.807) is 30.1 Å². The smallest absolute Gasteiger partial charge is 0.274 e. The summed E-state index contributed by atoms with van der Waals surface area (Å²) in [5, 5.41) is 5.53. The Morgan fingerprint density at radius 1 is 1.10 bits per heavy atom. The van der Waals surface area contributed by atoms with Crippen LogP contribution in [-0.4, -0.2) is 34.2 Å². The van der Waals surface area contributed by atoms with E-state index in [-0.39, 0.29) is 23.1 Å². The van der Waals surface area contributed by atoms with Crippen molar-refractivity contribution in [3.8, 4) is 5.75 Å². The highest BCUT2D eigenvalue weighted by atomic mass is 16.5. The minimum atomic E-state index is -0.231. The molecule has 29 heavy (non-hydrogen) atoms. The molecule has 0 bridgehead atoms. The Balaban J connectivity index is 2.00. The highest BCUT2D eigenvalue weighted by molar-refractivity contribution is 6.04. The third-order valence-electron chi connectivity index (χ3n) is 4.64. The monoisotopic (exact) mass is 393 g/mol. The zero-order chi connectivity index (χ0) is 21.0. The summed E-state index contributed by atoms with van der Waals surface area (Å²) in [6, 6.07) is 14.8. The van der Waals surface area contributed by atoms with Crippen LogP contribution in [0.5, 0.6) is 5.75 Å². The normalized spacial score (nSPS) is 11.1. The molecule has 1 aromatic heterocycles. The molecule has 152 valence electrons. The Bertz CT molecular complexity index is 1070. The Morgan fingerprint density at radius 3 is 2.45 bits per heavy atom. The minimum absolute atomic E-state index is 0.171. The van der Waals surface area contributed by atoms with Crippen LogP contribution < -0.4 is 10.3 Å². The maximum absolute atomic E-state index is 13.3. The molecule has 0 aliphatic rings. The molecule has 0 saturated carbocycles. The number of nitrogens with zero attached hydrogens (tertiary/aromatic N) is 3. The van der Waals surface area contributed by atoms with Gasteiger partial charge in [-0.05, 0) is 25.0 Å². The number of rotatable bonds is 7. The molecule has 0 aliphatic heterocycles. The molecule has 2 aromatic carbocycles. The summed E-state index contributed by atoms with van der Waals surface area (Å²) < 4.78 is 7.08. The van der Waals surface area contributed by atoms with Crippen LogP contribution in [0.1, 0.15) is 36.8 Å². The molecule has 6 heteroatoms. The lowest BCUT2D eigenvalue weighted by Gasteiger charge is -2.20. The van der Waals surface area contributed by atoms with Crippen molar-refractivity contribution >= 4 is 16.7 Å². The Labute approximate surface area is 170 Å². The van der Waals surface area contributed by atoms with Crippen molar-refractivity contribution in [1.29, 1.82) is 0 Å². The zero-order valence-electron chi connectivity index (χ0n) is 17.4. The summed E-state index contributed by atoms with van der Waals surface area (Å²) in [4.78, 5) is 27.7. The number of hydrogen-bond acceptors (Lipinski definition) is 4. The van der Waals surface area contributed by atoms with E-state index < -0.39 is 0 Å². The molecule has 6 nitrogen and oxygen atoms in total. The van der Waals surface area contributed by atoms with Gasteiger partial charge < -0.3 is 9.64 Å². The van der Waals surface area contributed by atoms with Gasteiger partial charge in [0.05, 0.1) is 12.0 Å². The first-order valence-electron chi connectivity index (χ1n) is 9.88. The second-order valence-corrected chi connectivity index (χ2v) is 7.48. The number of amides is 1. The van der Waals surface area contributed by atoms with Gasteiger partial charge in [0, 0.05) is 31.1 Å². The van der Waals surface area contributed by atoms with E-state index in [0.717, 1.165) is 11.3 Å². The van der Waals surface area contributed by atoms with Gasteiger partial charge in [0.1, 0.15) is 5.75 Å². The summed E-state index contributed by atoms with van der Waals surface area (Å²) in [5.41, 5.74) is 1.04. The maximum atomic E-state index is 13.3. The number of aromatic nitrogens is 2. The Kier molecular flexibility index (Phi) is 6.32. The lowest BCUT2D eigenvalue weighted by atomic mass is 10.1. The van der Waals surface area contributed by atoms with Crippen molar-refractivity contribution in [3.63, 3.8) is 0 Å². The van der Waals surface area contributed by atoms with Crippen LogP contribution in [0.25, 0.3) is 10.8 Å². The quantitative estimate of drug-likeness (QED) is 0.614. The molecule has 0 radical (unpaired) electrons. The SMILES string of the molecule is CCOc1ccccc1CN(C)C(=O)c1nn(CC(C)C)c(=O)c2ccccc12. The van der Waals surface area contributed by atoms with E-state index >= 15 is 0 Å². The van der Waals surface area contributed by atoms with Crippen molar-refractivity contribution in [2.45, 2.75) is 33.9 Å². The fraction of sp³-hybridized carbons (Fsp3) is 0.348. The first-order valence-corrected chi connectivity index (χ1v) is 9.88. The van der Waals surface area contributed by atoms with Gasteiger partial charge in [-0.1, -0.05) is 50.2 Å². The molecule has 3 aromatic rings. The molecular formula is C23H27N3O3. The van der Waals surface area contributed by atoms with E-state index in [2.05, 4.69) is 5.10 Å². The lowest BCUT2D eigenvalue weighted by Crippen LogP contribution is -2.32. The fourth-order valence-electron chi connectivity index (χ4n) is 3.30. The van der Waals surface area contributed by atoms with E-state index in [1.807, 2.05) is 51.1 Å². The molecule has 0 spiro atoms. The summed E-state index contributed by atoms with van der Waals surface area (Å²) in [7, 11) is 1.74. The third-order valence-corrected chi connectivity index (χ3v) is 4.64. The standard InChI is InChI=1S/C23H27N3O3/c1-5-29-20-13-9-6-10-17(20)15-25(4)23(28)21-18-11-7-8-12-19(18)22(27)26(24-21)14-16(2)3/h6-13,16H,5,14-15H2,1-4H3. The second-order valence-electron chi connectivity index (χ2n) is 7.48. The van der Waals surface area contributed by atoms with Crippen LogP contribution in [0.2, 0.25) is 0 Å². The van der Waals surface area contributed by atoms with Crippen molar-refractivity contribution < 1.29 is 9.53 Å². The number of carbonyl (C=O) groups is 1. The summed E-state index contributed by atoms with van der Waals surface area (Å²) in [6.45, 7) is 7.36.